The molecular weight excluding hydrogens is 244 g/mol. The van der Waals surface area contributed by atoms with Gasteiger partial charge in [0.25, 0.3) is 0 Å². The summed E-state index contributed by atoms with van der Waals surface area (Å²) in [5, 5.41) is 20.6. The molecule has 0 saturated carbocycles. The smallest absolute Gasteiger partial charge is 0.123 e. The Labute approximate surface area is 112 Å². The molecule has 0 unspecified atom stereocenters. The quantitative estimate of drug-likeness (QED) is 0.614. The van der Waals surface area contributed by atoms with Gasteiger partial charge in [-0.2, -0.15) is 0 Å². The first-order chi connectivity index (χ1) is 8.83. The summed E-state index contributed by atoms with van der Waals surface area (Å²) in [6, 6.07) is 11.7. The number of hydrogen-bond acceptors (Lipinski definition) is 3. The molecule has 0 radical (unpaired) electrons. The van der Waals surface area contributed by atoms with Gasteiger partial charge in [-0.15, -0.1) is 11.8 Å². The third-order valence-corrected chi connectivity index (χ3v) is 4.08. The monoisotopic (exact) mass is 262 g/mol. The van der Waals surface area contributed by atoms with Crippen LogP contribution in [0.25, 0.3) is 10.8 Å². The van der Waals surface area contributed by atoms with Crippen LogP contribution in [0.15, 0.2) is 41.3 Å². The van der Waals surface area contributed by atoms with Crippen LogP contribution in [0, 0.1) is 0 Å². The fraction of sp³-hybridized carbons (Fsp3) is 0.333. The van der Waals surface area contributed by atoms with Gasteiger partial charge in [0.15, 0.2) is 0 Å². The number of hydrogen-bond donors (Lipinski definition) is 2. The van der Waals surface area contributed by atoms with Crippen molar-refractivity contribution in [2.45, 2.75) is 24.2 Å². The van der Waals surface area contributed by atoms with Crippen molar-refractivity contribution >= 4 is 22.5 Å². The normalized spacial score (nSPS) is 10.9. The van der Waals surface area contributed by atoms with Gasteiger partial charge in [-0.1, -0.05) is 30.7 Å². The second kappa shape index (κ2) is 6.66. The summed E-state index contributed by atoms with van der Waals surface area (Å²) in [7, 11) is 0. The molecule has 96 valence electrons. The Kier molecular flexibility index (Phi) is 4.90. The first kappa shape index (κ1) is 13.2. The Balaban J connectivity index is 2.07. The van der Waals surface area contributed by atoms with Crippen LogP contribution in [0.1, 0.15) is 19.3 Å². The molecule has 2 nitrogen and oxygen atoms in total. The topological polar surface area (TPSA) is 40.5 Å². The van der Waals surface area contributed by atoms with Crippen LogP contribution in [0.2, 0.25) is 0 Å². The number of thioether (sulfide) groups is 1. The zero-order valence-corrected chi connectivity index (χ0v) is 11.1. The molecule has 2 rings (SSSR count). The van der Waals surface area contributed by atoms with Crippen molar-refractivity contribution in [3.8, 4) is 5.75 Å². The Bertz CT molecular complexity index is 511. The Morgan fingerprint density at radius 2 is 1.67 bits per heavy atom. The largest absolute Gasteiger partial charge is 0.507 e. The third kappa shape index (κ3) is 3.18. The van der Waals surface area contributed by atoms with E-state index in [1.54, 1.807) is 6.07 Å². The highest BCUT2D eigenvalue weighted by atomic mass is 32.2. The molecule has 0 aliphatic carbocycles. The minimum Gasteiger partial charge on any atom is -0.507 e. The zero-order valence-electron chi connectivity index (χ0n) is 10.3. The third-order valence-electron chi connectivity index (χ3n) is 2.92. The molecule has 0 heterocycles. The standard InChI is InChI=1S/C15H18O2S/c16-10-4-1-5-11-18-15-9-8-14(17)12-6-2-3-7-13(12)15/h2-3,6-9,16-17H,1,4-5,10-11H2. The van der Waals surface area contributed by atoms with Gasteiger partial charge in [-0.25, -0.2) is 0 Å². The van der Waals surface area contributed by atoms with Crippen molar-refractivity contribution in [3.63, 3.8) is 0 Å². The maximum absolute atomic E-state index is 9.80. The highest BCUT2D eigenvalue weighted by Crippen LogP contribution is 2.33. The summed E-state index contributed by atoms with van der Waals surface area (Å²) in [5.41, 5.74) is 0. The summed E-state index contributed by atoms with van der Waals surface area (Å²) < 4.78 is 0. The molecule has 2 N–H and O–H groups in total. The van der Waals surface area contributed by atoms with Crippen LogP contribution in [-0.2, 0) is 0 Å². The summed E-state index contributed by atoms with van der Waals surface area (Å²) in [4.78, 5) is 1.22. The van der Waals surface area contributed by atoms with Gasteiger partial charge in [-0.3, -0.25) is 0 Å². The van der Waals surface area contributed by atoms with Gasteiger partial charge >= 0.3 is 0 Å². The number of phenolic OH excluding ortho intramolecular Hbond substituents is 1. The van der Waals surface area contributed by atoms with Crippen molar-refractivity contribution < 1.29 is 10.2 Å². The van der Waals surface area contributed by atoms with Crippen molar-refractivity contribution in [1.29, 1.82) is 0 Å². The SMILES string of the molecule is OCCCCCSc1ccc(O)c2ccccc12. The van der Waals surface area contributed by atoms with Crippen molar-refractivity contribution in [2.75, 3.05) is 12.4 Å². The number of unbranched alkanes of at least 4 members (excludes halogenated alkanes) is 2. The first-order valence-electron chi connectivity index (χ1n) is 6.27. The Hall–Kier alpha value is -1.19. The number of aliphatic hydroxyl groups excluding tert-OH is 1. The molecule has 0 bridgehead atoms. The van der Waals surface area contributed by atoms with Crippen LogP contribution in [0.3, 0.4) is 0 Å². The van der Waals surface area contributed by atoms with Gasteiger partial charge in [0.05, 0.1) is 0 Å². The molecule has 18 heavy (non-hydrogen) atoms. The van der Waals surface area contributed by atoms with Crippen LogP contribution >= 0.6 is 11.8 Å². The van der Waals surface area contributed by atoms with E-state index in [2.05, 4.69) is 0 Å². The van der Waals surface area contributed by atoms with Crippen molar-refractivity contribution in [2.24, 2.45) is 0 Å². The van der Waals surface area contributed by atoms with Crippen molar-refractivity contribution in [1.82, 2.24) is 0 Å². The fourth-order valence-corrected chi connectivity index (χ4v) is 3.02. The van der Waals surface area contributed by atoms with Crippen molar-refractivity contribution in [3.05, 3.63) is 36.4 Å². The van der Waals surface area contributed by atoms with E-state index >= 15 is 0 Å². The molecule has 0 aliphatic rings. The van der Waals surface area contributed by atoms with Gasteiger partial charge in [0, 0.05) is 16.9 Å². The summed E-state index contributed by atoms with van der Waals surface area (Å²) in [5.74, 6) is 1.39. The number of phenols is 1. The maximum atomic E-state index is 9.80. The minimum atomic E-state index is 0.285. The van der Waals surface area contributed by atoms with Crippen LogP contribution in [0.5, 0.6) is 5.75 Å². The van der Waals surface area contributed by atoms with E-state index in [0.29, 0.717) is 5.75 Å². The molecule has 0 amide bonds. The van der Waals surface area contributed by atoms with Crippen LogP contribution in [-0.4, -0.2) is 22.6 Å². The number of aromatic hydroxyl groups is 1. The van der Waals surface area contributed by atoms with E-state index in [9.17, 15) is 5.11 Å². The highest BCUT2D eigenvalue weighted by molar-refractivity contribution is 7.99. The molecule has 0 spiro atoms. The first-order valence-corrected chi connectivity index (χ1v) is 7.26. The van der Waals surface area contributed by atoms with Gasteiger partial charge in [0.1, 0.15) is 5.75 Å². The zero-order chi connectivity index (χ0) is 12.8. The predicted octanol–water partition coefficient (Wildman–Crippen LogP) is 3.80. The molecular formula is C15H18O2S. The number of benzene rings is 2. The number of rotatable bonds is 6. The van der Waals surface area contributed by atoms with E-state index < -0.39 is 0 Å². The lowest BCUT2D eigenvalue weighted by Gasteiger charge is -2.07. The van der Waals surface area contributed by atoms with Crippen LogP contribution in [0.4, 0.5) is 0 Å². The van der Waals surface area contributed by atoms with E-state index in [1.807, 2.05) is 42.1 Å². The highest BCUT2D eigenvalue weighted by Gasteiger charge is 2.04. The lowest BCUT2D eigenvalue weighted by molar-refractivity contribution is 0.284. The Morgan fingerprint density at radius 1 is 0.889 bits per heavy atom. The van der Waals surface area contributed by atoms with Crippen LogP contribution < -0.4 is 0 Å². The predicted molar refractivity (Wildman–Crippen MR) is 77.3 cm³/mol. The number of aliphatic hydroxyl groups is 1. The molecule has 2 aromatic carbocycles. The Morgan fingerprint density at radius 3 is 2.44 bits per heavy atom. The maximum Gasteiger partial charge on any atom is 0.123 e. The van der Waals surface area contributed by atoms with E-state index in [1.165, 1.54) is 4.90 Å². The fourth-order valence-electron chi connectivity index (χ4n) is 1.95. The second-order valence-corrected chi connectivity index (χ2v) is 5.40. The van der Waals surface area contributed by atoms with E-state index in [4.69, 9.17) is 5.11 Å². The summed E-state index contributed by atoms with van der Waals surface area (Å²) >= 11 is 1.82. The van der Waals surface area contributed by atoms with E-state index in [-0.39, 0.29) is 6.61 Å². The molecule has 0 aliphatic heterocycles. The minimum absolute atomic E-state index is 0.285. The average molecular weight is 262 g/mol. The second-order valence-electron chi connectivity index (χ2n) is 4.26. The molecule has 0 fully saturated rings. The molecule has 0 aromatic heterocycles. The molecule has 0 atom stereocenters. The average Bonchev–Trinajstić information content (AvgIpc) is 2.41. The molecule has 2 aromatic rings. The van der Waals surface area contributed by atoms with Gasteiger partial charge < -0.3 is 10.2 Å². The lowest BCUT2D eigenvalue weighted by Crippen LogP contribution is -1.86. The molecule has 0 saturated heterocycles. The molecule has 3 heteroatoms. The summed E-state index contributed by atoms with van der Waals surface area (Å²) in [6.45, 7) is 0.285. The number of fused-ring (bicyclic) bond motifs is 1. The van der Waals surface area contributed by atoms with E-state index in [0.717, 1.165) is 35.8 Å². The summed E-state index contributed by atoms with van der Waals surface area (Å²) in [6.07, 6.45) is 3.07. The lowest BCUT2D eigenvalue weighted by atomic mass is 10.1. The van der Waals surface area contributed by atoms with Gasteiger partial charge in [-0.05, 0) is 36.1 Å². The van der Waals surface area contributed by atoms with Gasteiger partial charge in [0.2, 0.25) is 0 Å².